The zero-order chi connectivity index (χ0) is 16.3. The first-order valence-electron chi connectivity index (χ1n) is 6.50. The number of hydrogen-bond donors (Lipinski definition) is 3. The average Bonchev–Trinajstić information content (AvgIpc) is 2.46. The van der Waals surface area contributed by atoms with Crippen molar-refractivity contribution >= 4 is 15.9 Å². The minimum atomic E-state index is -4.01. The molecule has 0 radical (unpaired) electrons. The van der Waals surface area contributed by atoms with Crippen LogP contribution < -0.4 is 10.5 Å². The topological polar surface area (TPSA) is 105 Å². The quantitative estimate of drug-likeness (QED) is 0.321. The molecule has 1 rings (SSSR count). The van der Waals surface area contributed by atoms with E-state index in [1.165, 1.54) is 12.1 Å². The molecular weight excluding hydrogens is 297 g/mol. The zero-order valence-electron chi connectivity index (χ0n) is 12.2. The molecular formula is C13H20FN3O3S. The smallest absolute Gasteiger partial charge is 0.241 e. The molecule has 0 heterocycles. The van der Waals surface area contributed by atoms with Crippen molar-refractivity contribution in [1.29, 1.82) is 0 Å². The van der Waals surface area contributed by atoms with Gasteiger partial charge in [-0.1, -0.05) is 25.1 Å². The predicted octanol–water partition coefficient (Wildman–Crippen LogP) is 1.72. The summed E-state index contributed by atoms with van der Waals surface area (Å²) < 4.78 is 40.7. The molecule has 0 aliphatic heterocycles. The largest absolute Gasteiger partial charge is 0.409 e. The minimum absolute atomic E-state index is 0.167. The van der Waals surface area contributed by atoms with E-state index in [1.54, 1.807) is 20.8 Å². The van der Waals surface area contributed by atoms with Crippen LogP contribution in [0.3, 0.4) is 0 Å². The Morgan fingerprint density at radius 3 is 2.48 bits per heavy atom. The van der Waals surface area contributed by atoms with E-state index in [2.05, 4.69) is 9.88 Å². The highest BCUT2D eigenvalue weighted by atomic mass is 32.2. The van der Waals surface area contributed by atoms with Gasteiger partial charge in [-0.15, -0.1) is 0 Å². The number of nitrogens with two attached hydrogens (primary N) is 1. The molecule has 0 aliphatic rings. The van der Waals surface area contributed by atoms with E-state index in [4.69, 9.17) is 10.9 Å². The molecule has 6 nitrogen and oxygen atoms in total. The van der Waals surface area contributed by atoms with Gasteiger partial charge in [-0.2, -0.15) is 4.72 Å². The van der Waals surface area contributed by atoms with Gasteiger partial charge in [0.15, 0.2) is 5.84 Å². The third kappa shape index (κ3) is 3.51. The van der Waals surface area contributed by atoms with Crippen LogP contribution in [-0.2, 0) is 10.0 Å². The van der Waals surface area contributed by atoms with Crippen LogP contribution in [0.25, 0.3) is 0 Å². The SMILES string of the molecule is CCC(CC)(NS(=O)(=O)c1cc(F)ccc1C)/C(N)=N/O. The summed E-state index contributed by atoms with van der Waals surface area (Å²) in [5.41, 5.74) is 4.82. The average molecular weight is 317 g/mol. The van der Waals surface area contributed by atoms with Crippen LogP contribution in [0.5, 0.6) is 0 Å². The van der Waals surface area contributed by atoms with Crippen molar-refractivity contribution in [2.45, 2.75) is 44.0 Å². The summed E-state index contributed by atoms with van der Waals surface area (Å²) in [5.74, 6) is -0.881. The number of benzene rings is 1. The van der Waals surface area contributed by atoms with Gasteiger partial charge in [-0.05, 0) is 37.5 Å². The molecule has 1 aromatic rings. The van der Waals surface area contributed by atoms with Gasteiger partial charge in [-0.25, -0.2) is 12.8 Å². The Morgan fingerprint density at radius 1 is 1.43 bits per heavy atom. The minimum Gasteiger partial charge on any atom is -0.409 e. The molecule has 0 amide bonds. The van der Waals surface area contributed by atoms with E-state index in [-0.39, 0.29) is 23.6 Å². The fourth-order valence-electron chi connectivity index (χ4n) is 2.08. The second-order valence-electron chi connectivity index (χ2n) is 4.79. The normalized spacial score (nSPS) is 13.4. The van der Waals surface area contributed by atoms with Crippen molar-refractivity contribution in [3.8, 4) is 0 Å². The third-order valence-corrected chi connectivity index (χ3v) is 5.25. The lowest BCUT2D eigenvalue weighted by atomic mass is 9.93. The highest BCUT2D eigenvalue weighted by molar-refractivity contribution is 7.89. The Morgan fingerprint density at radius 2 is 2.00 bits per heavy atom. The first kappa shape index (κ1) is 17.4. The lowest BCUT2D eigenvalue weighted by Crippen LogP contribution is -2.56. The van der Waals surface area contributed by atoms with Crippen LogP contribution in [0.2, 0.25) is 0 Å². The summed E-state index contributed by atoms with van der Waals surface area (Å²) in [6, 6.07) is 3.51. The summed E-state index contributed by atoms with van der Waals surface area (Å²) in [6.07, 6.45) is 0.569. The molecule has 4 N–H and O–H groups in total. The van der Waals surface area contributed by atoms with Crippen molar-refractivity contribution in [3.63, 3.8) is 0 Å². The molecule has 8 heteroatoms. The van der Waals surface area contributed by atoms with Crippen molar-refractivity contribution < 1.29 is 18.0 Å². The van der Waals surface area contributed by atoms with Crippen LogP contribution in [0.15, 0.2) is 28.3 Å². The molecule has 118 valence electrons. The molecule has 0 aromatic heterocycles. The first-order valence-corrected chi connectivity index (χ1v) is 7.99. The predicted molar refractivity (Wildman–Crippen MR) is 78.2 cm³/mol. The summed E-state index contributed by atoms with van der Waals surface area (Å²) in [6.45, 7) is 4.99. The second kappa shape index (κ2) is 6.40. The standard InChI is InChI=1S/C13H20FN3O3S/c1-4-13(5-2,12(15)16-18)17-21(19,20)11-8-10(14)7-6-9(11)3/h6-8,17-18H,4-5H2,1-3H3,(H2,15,16). The fraction of sp³-hybridized carbons (Fsp3) is 0.462. The molecule has 0 aliphatic carbocycles. The molecule has 0 fully saturated rings. The van der Waals surface area contributed by atoms with Gasteiger partial charge >= 0.3 is 0 Å². The van der Waals surface area contributed by atoms with Crippen LogP contribution in [0.1, 0.15) is 32.3 Å². The van der Waals surface area contributed by atoms with E-state index in [0.29, 0.717) is 5.56 Å². The number of nitrogens with zero attached hydrogens (tertiary/aromatic N) is 1. The van der Waals surface area contributed by atoms with Gasteiger partial charge < -0.3 is 10.9 Å². The van der Waals surface area contributed by atoms with Crippen LogP contribution in [-0.4, -0.2) is 25.0 Å². The first-order chi connectivity index (χ1) is 9.72. The van der Waals surface area contributed by atoms with Gasteiger partial charge in [0.05, 0.1) is 10.4 Å². The molecule has 0 bridgehead atoms. The fourth-order valence-corrected chi connectivity index (χ4v) is 3.86. The van der Waals surface area contributed by atoms with Gasteiger partial charge in [0, 0.05) is 0 Å². The molecule has 0 spiro atoms. The number of halogens is 1. The molecule has 0 saturated carbocycles. The molecule has 0 saturated heterocycles. The van der Waals surface area contributed by atoms with Crippen molar-refractivity contribution in [2.24, 2.45) is 10.9 Å². The summed E-state index contributed by atoms with van der Waals surface area (Å²) >= 11 is 0. The van der Waals surface area contributed by atoms with Gasteiger partial charge in [-0.3, -0.25) is 0 Å². The van der Waals surface area contributed by atoms with E-state index < -0.39 is 21.4 Å². The maximum atomic E-state index is 13.3. The Bertz CT molecular complexity index is 640. The van der Waals surface area contributed by atoms with Gasteiger partial charge in [0.2, 0.25) is 10.0 Å². The molecule has 21 heavy (non-hydrogen) atoms. The van der Waals surface area contributed by atoms with E-state index >= 15 is 0 Å². The Hall–Kier alpha value is -1.67. The summed E-state index contributed by atoms with van der Waals surface area (Å²) in [5, 5.41) is 11.8. The summed E-state index contributed by atoms with van der Waals surface area (Å²) in [4.78, 5) is -0.167. The highest BCUT2D eigenvalue weighted by Crippen LogP contribution is 2.22. The zero-order valence-corrected chi connectivity index (χ0v) is 13.0. The lowest BCUT2D eigenvalue weighted by molar-refractivity contribution is 0.307. The highest BCUT2D eigenvalue weighted by Gasteiger charge is 2.37. The van der Waals surface area contributed by atoms with Crippen molar-refractivity contribution in [2.75, 3.05) is 0 Å². The van der Waals surface area contributed by atoms with Crippen LogP contribution in [0.4, 0.5) is 4.39 Å². The number of rotatable bonds is 6. The number of sulfonamides is 1. The van der Waals surface area contributed by atoms with Gasteiger partial charge in [0.1, 0.15) is 5.82 Å². The number of amidine groups is 1. The Kier molecular flexibility index (Phi) is 5.30. The third-order valence-electron chi connectivity index (χ3n) is 3.57. The monoisotopic (exact) mass is 317 g/mol. The van der Waals surface area contributed by atoms with Gasteiger partial charge in [0.25, 0.3) is 0 Å². The number of oxime groups is 1. The van der Waals surface area contributed by atoms with E-state index in [0.717, 1.165) is 6.07 Å². The Balaban J connectivity index is 3.34. The number of hydrogen-bond acceptors (Lipinski definition) is 4. The number of aryl methyl sites for hydroxylation is 1. The molecule has 0 atom stereocenters. The van der Waals surface area contributed by atoms with Crippen molar-refractivity contribution in [1.82, 2.24) is 4.72 Å². The Labute approximate surface area is 123 Å². The maximum Gasteiger partial charge on any atom is 0.241 e. The maximum absolute atomic E-state index is 13.3. The second-order valence-corrected chi connectivity index (χ2v) is 6.44. The van der Waals surface area contributed by atoms with Crippen LogP contribution >= 0.6 is 0 Å². The van der Waals surface area contributed by atoms with E-state index in [9.17, 15) is 12.8 Å². The van der Waals surface area contributed by atoms with Crippen LogP contribution in [0, 0.1) is 12.7 Å². The lowest BCUT2D eigenvalue weighted by Gasteiger charge is -2.31. The summed E-state index contributed by atoms with van der Waals surface area (Å²) in [7, 11) is -4.01. The number of nitrogens with one attached hydrogen (secondary N) is 1. The molecule has 1 aromatic carbocycles. The molecule has 0 unspecified atom stereocenters. The van der Waals surface area contributed by atoms with Crippen molar-refractivity contribution in [3.05, 3.63) is 29.6 Å². The van der Waals surface area contributed by atoms with E-state index in [1.807, 2.05) is 0 Å².